The second-order valence-corrected chi connectivity index (χ2v) is 4.78. The summed E-state index contributed by atoms with van der Waals surface area (Å²) in [5, 5.41) is 3.87. The van der Waals surface area contributed by atoms with E-state index in [4.69, 9.17) is 5.73 Å². The van der Waals surface area contributed by atoms with E-state index in [1.807, 2.05) is 44.2 Å². The number of hydrogen-bond acceptors (Lipinski definition) is 3. The number of aromatic nitrogens is 1. The van der Waals surface area contributed by atoms with Gasteiger partial charge in [-0.1, -0.05) is 38.5 Å². The summed E-state index contributed by atoms with van der Waals surface area (Å²) >= 11 is 0. The van der Waals surface area contributed by atoms with Crippen molar-refractivity contribution in [3.05, 3.63) is 36.5 Å². The Morgan fingerprint density at radius 1 is 1.37 bits per heavy atom. The molecule has 2 rings (SSSR count). The molecule has 4 heteroatoms. The molecule has 1 heterocycles. The first-order valence-electron chi connectivity index (χ1n) is 6.53. The van der Waals surface area contributed by atoms with Crippen LogP contribution in [0.4, 0.5) is 5.69 Å². The number of nitrogens with one attached hydrogen (secondary N) is 1. The highest BCUT2D eigenvalue weighted by molar-refractivity contribution is 6.02. The molecule has 0 aliphatic heterocycles. The smallest absolute Gasteiger partial charge is 0.241 e. The third kappa shape index (κ3) is 2.90. The summed E-state index contributed by atoms with van der Waals surface area (Å²) < 4.78 is 0. The fraction of sp³-hybridized carbons (Fsp3) is 0.333. The van der Waals surface area contributed by atoms with E-state index in [1.54, 1.807) is 6.20 Å². The molecule has 1 amide bonds. The van der Waals surface area contributed by atoms with Crippen LogP contribution >= 0.6 is 0 Å². The Hall–Kier alpha value is -1.94. The SMILES string of the molecule is CCC(C)C(N)C(=O)Nc1cccc2cccnc12. The van der Waals surface area contributed by atoms with Gasteiger partial charge in [0.05, 0.1) is 17.2 Å². The molecule has 100 valence electrons. The number of benzene rings is 1. The number of hydrogen-bond donors (Lipinski definition) is 2. The van der Waals surface area contributed by atoms with Gasteiger partial charge in [0, 0.05) is 11.6 Å². The number of pyridine rings is 1. The molecule has 2 unspecified atom stereocenters. The lowest BCUT2D eigenvalue weighted by Gasteiger charge is -2.18. The molecule has 0 saturated carbocycles. The Morgan fingerprint density at radius 2 is 2.11 bits per heavy atom. The maximum atomic E-state index is 12.1. The zero-order valence-corrected chi connectivity index (χ0v) is 11.3. The second-order valence-electron chi connectivity index (χ2n) is 4.78. The van der Waals surface area contributed by atoms with E-state index in [0.717, 1.165) is 17.3 Å². The first kappa shape index (κ1) is 13.5. The first-order valence-corrected chi connectivity index (χ1v) is 6.53. The largest absolute Gasteiger partial charge is 0.323 e. The van der Waals surface area contributed by atoms with Crippen molar-refractivity contribution < 1.29 is 4.79 Å². The standard InChI is InChI=1S/C15H19N3O/c1-3-10(2)13(16)15(19)18-12-8-4-6-11-7-5-9-17-14(11)12/h4-10,13H,3,16H2,1-2H3,(H,18,19). The monoisotopic (exact) mass is 257 g/mol. The molecule has 1 aromatic carbocycles. The van der Waals surface area contributed by atoms with E-state index in [0.29, 0.717) is 5.69 Å². The lowest BCUT2D eigenvalue weighted by Crippen LogP contribution is -2.40. The molecule has 0 radical (unpaired) electrons. The number of nitrogens with two attached hydrogens (primary N) is 1. The molecule has 3 N–H and O–H groups in total. The lowest BCUT2D eigenvalue weighted by molar-refractivity contribution is -0.118. The Bertz CT molecular complexity index is 577. The van der Waals surface area contributed by atoms with Crippen molar-refractivity contribution in [2.45, 2.75) is 26.3 Å². The summed E-state index contributed by atoms with van der Waals surface area (Å²) in [4.78, 5) is 16.4. The fourth-order valence-electron chi connectivity index (χ4n) is 1.93. The number of amides is 1. The number of carbonyl (C=O) groups excluding carboxylic acids is 1. The minimum absolute atomic E-state index is 0.155. The van der Waals surface area contributed by atoms with E-state index in [9.17, 15) is 4.79 Å². The minimum atomic E-state index is -0.496. The summed E-state index contributed by atoms with van der Waals surface area (Å²) in [6.45, 7) is 4.00. The van der Waals surface area contributed by atoms with Gasteiger partial charge in [0.1, 0.15) is 0 Å². The van der Waals surface area contributed by atoms with Crippen LogP contribution in [0.15, 0.2) is 36.5 Å². The summed E-state index contributed by atoms with van der Waals surface area (Å²) in [5.74, 6) is -0.00422. The van der Waals surface area contributed by atoms with Gasteiger partial charge in [0.25, 0.3) is 0 Å². The van der Waals surface area contributed by atoms with Crippen LogP contribution in [0.25, 0.3) is 10.9 Å². The van der Waals surface area contributed by atoms with Crippen LogP contribution in [0.2, 0.25) is 0 Å². The predicted molar refractivity (Wildman–Crippen MR) is 77.8 cm³/mol. The Kier molecular flexibility index (Phi) is 4.12. The van der Waals surface area contributed by atoms with Crippen molar-refractivity contribution in [2.24, 2.45) is 11.7 Å². The third-order valence-corrected chi connectivity index (χ3v) is 3.45. The number of anilines is 1. The average molecular weight is 257 g/mol. The molecular formula is C15H19N3O. The molecule has 0 bridgehead atoms. The molecule has 2 aromatic rings. The zero-order chi connectivity index (χ0) is 13.8. The van der Waals surface area contributed by atoms with Gasteiger partial charge < -0.3 is 11.1 Å². The highest BCUT2D eigenvalue weighted by atomic mass is 16.2. The quantitative estimate of drug-likeness (QED) is 0.884. The van der Waals surface area contributed by atoms with Crippen LogP contribution in [0.3, 0.4) is 0 Å². The topological polar surface area (TPSA) is 68.0 Å². The number of fused-ring (bicyclic) bond motifs is 1. The molecule has 2 atom stereocenters. The van der Waals surface area contributed by atoms with Gasteiger partial charge in [0.15, 0.2) is 0 Å². The predicted octanol–water partition coefficient (Wildman–Crippen LogP) is 2.55. The normalized spacial score (nSPS) is 14.1. The van der Waals surface area contributed by atoms with E-state index in [2.05, 4.69) is 10.3 Å². The summed E-state index contributed by atoms with van der Waals surface area (Å²) in [6.07, 6.45) is 2.59. The molecule has 0 fully saturated rings. The number of carbonyl (C=O) groups is 1. The van der Waals surface area contributed by atoms with Crippen LogP contribution < -0.4 is 11.1 Å². The average Bonchev–Trinajstić information content (AvgIpc) is 2.46. The van der Waals surface area contributed by atoms with E-state index in [1.165, 1.54) is 0 Å². The van der Waals surface area contributed by atoms with Crippen molar-refractivity contribution in [1.29, 1.82) is 0 Å². The van der Waals surface area contributed by atoms with E-state index in [-0.39, 0.29) is 11.8 Å². The van der Waals surface area contributed by atoms with Crippen molar-refractivity contribution in [3.63, 3.8) is 0 Å². The van der Waals surface area contributed by atoms with Crippen molar-refractivity contribution in [2.75, 3.05) is 5.32 Å². The molecule has 0 aliphatic carbocycles. The van der Waals surface area contributed by atoms with Crippen molar-refractivity contribution >= 4 is 22.5 Å². The summed E-state index contributed by atoms with van der Waals surface area (Å²) in [5.41, 5.74) is 7.43. The number of para-hydroxylation sites is 1. The highest BCUT2D eigenvalue weighted by Crippen LogP contribution is 2.21. The molecule has 0 spiro atoms. The van der Waals surface area contributed by atoms with Gasteiger partial charge in [-0.2, -0.15) is 0 Å². The first-order chi connectivity index (χ1) is 9.13. The number of nitrogens with zero attached hydrogens (tertiary/aromatic N) is 1. The van der Waals surface area contributed by atoms with Gasteiger partial charge in [-0.25, -0.2) is 0 Å². The molecule has 0 saturated heterocycles. The molecule has 0 aliphatic rings. The van der Waals surface area contributed by atoms with Crippen LogP contribution in [-0.4, -0.2) is 16.9 Å². The molecule has 19 heavy (non-hydrogen) atoms. The molecular weight excluding hydrogens is 238 g/mol. The van der Waals surface area contributed by atoms with Crippen LogP contribution in [0.1, 0.15) is 20.3 Å². The second kappa shape index (κ2) is 5.80. The lowest BCUT2D eigenvalue weighted by atomic mass is 9.99. The van der Waals surface area contributed by atoms with Gasteiger partial charge in [-0.15, -0.1) is 0 Å². The van der Waals surface area contributed by atoms with Crippen LogP contribution in [0.5, 0.6) is 0 Å². The molecule has 4 nitrogen and oxygen atoms in total. The third-order valence-electron chi connectivity index (χ3n) is 3.45. The van der Waals surface area contributed by atoms with Gasteiger partial charge in [0.2, 0.25) is 5.91 Å². The van der Waals surface area contributed by atoms with E-state index < -0.39 is 6.04 Å². The minimum Gasteiger partial charge on any atom is -0.323 e. The zero-order valence-electron chi connectivity index (χ0n) is 11.3. The van der Waals surface area contributed by atoms with Gasteiger partial charge in [-0.3, -0.25) is 9.78 Å². The van der Waals surface area contributed by atoms with Gasteiger partial charge in [-0.05, 0) is 18.1 Å². The van der Waals surface area contributed by atoms with E-state index >= 15 is 0 Å². The van der Waals surface area contributed by atoms with Crippen molar-refractivity contribution in [3.8, 4) is 0 Å². The maximum Gasteiger partial charge on any atom is 0.241 e. The Balaban J connectivity index is 2.24. The Labute approximate surface area is 113 Å². The molecule has 1 aromatic heterocycles. The van der Waals surface area contributed by atoms with Gasteiger partial charge >= 0.3 is 0 Å². The van der Waals surface area contributed by atoms with Crippen LogP contribution in [-0.2, 0) is 4.79 Å². The Morgan fingerprint density at radius 3 is 2.84 bits per heavy atom. The maximum absolute atomic E-state index is 12.1. The summed E-state index contributed by atoms with van der Waals surface area (Å²) in [6, 6.07) is 9.05. The number of rotatable bonds is 4. The van der Waals surface area contributed by atoms with Crippen LogP contribution in [0, 0.1) is 5.92 Å². The summed E-state index contributed by atoms with van der Waals surface area (Å²) in [7, 11) is 0. The highest BCUT2D eigenvalue weighted by Gasteiger charge is 2.20. The fourth-order valence-corrected chi connectivity index (χ4v) is 1.93. The van der Waals surface area contributed by atoms with Crippen molar-refractivity contribution in [1.82, 2.24) is 4.98 Å².